The first-order chi connectivity index (χ1) is 18.8. The Morgan fingerprint density at radius 1 is 1.32 bits per heavy atom. The van der Waals surface area contributed by atoms with Gasteiger partial charge in [0.05, 0.1) is 23.8 Å². The first-order valence-electron chi connectivity index (χ1n) is 12.7. The van der Waals surface area contributed by atoms with E-state index in [0.29, 0.717) is 20.5 Å². The Morgan fingerprint density at radius 2 is 2.00 bits per heavy atom. The number of hydrogen-bond donors (Lipinski definition) is 2. The third-order valence-corrected chi connectivity index (χ3v) is 9.83. The van der Waals surface area contributed by atoms with E-state index in [9.17, 15) is 19.5 Å². The maximum absolute atomic E-state index is 13.1. The highest BCUT2D eigenvalue weighted by Gasteiger charge is 2.60. The number of amides is 2. The van der Waals surface area contributed by atoms with Crippen molar-refractivity contribution in [1.82, 2.24) is 9.88 Å². The highest BCUT2D eigenvalue weighted by atomic mass is 32.2. The van der Waals surface area contributed by atoms with E-state index in [1.165, 1.54) is 34.1 Å². The molecule has 0 spiro atoms. The van der Waals surface area contributed by atoms with E-state index >= 15 is 0 Å². The number of carbonyl (C=O) groups is 3. The summed E-state index contributed by atoms with van der Waals surface area (Å²) in [6, 6.07) is 6.83. The van der Waals surface area contributed by atoms with Crippen molar-refractivity contribution in [2.24, 2.45) is 22.6 Å². The molecule has 0 radical (unpaired) electrons. The van der Waals surface area contributed by atoms with Crippen LogP contribution in [-0.4, -0.2) is 65.9 Å². The lowest BCUT2D eigenvalue weighted by Crippen LogP contribution is -2.64. The van der Waals surface area contributed by atoms with Gasteiger partial charge in [-0.15, -0.1) is 11.3 Å². The Bertz CT molecular complexity index is 1400. The van der Waals surface area contributed by atoms with Gasteiger partial charge in [0.1, 0.15) is 18.1 Å². The molecule has 2 aliphatic rings. The van der Waals surface area contributed by atoms with Crippen molar-refractivity contribution in [1.29, 1.82) is 0 Å². The minimum absolute atomic E-state index is 0.0283. The fraction of sp³-hybridized carbons (Fsp3) is 0.370. The number of ether oxygens (including phenoxy) is 1. The summed E-state index contributed by atoms with van der Waals surface area (Å²) in [5, 5.41) is 11.9. The first-order valence-corrected chi connectivity index (χ1v) is 17.8. The van der Waals surface area contributed by atoms with Crippen LogP contribution in [0.15, 0.2) is 62.2 Å². The third-order valence-electron chi connectivity index (χ3n) is 6.53. The van der Waals surface area contributed by atoms with Crippen molar-refractivity contribution in [2.75, 3.05) is 6.61 Å². The number of thiazole rings is 1. The van der Waals surface area contributed by atoms with Crippen molar-refractivity contribution in [3.8, 4) is 11.3 Å². The summed E-state index contributed by atoms with van der Waals surface area (Å²) in [5.74, 6) is -1.84. The van der Waals surface area contributed by atoms with Crippen molar-refractivity contribution in [3.63, 3.8) is 0 Å². The van der Waals surface area contributed by atoms with Gasteiger partial charge in [0, 0.05) is 27.3 Å². The summed E-state index contributed by atoms with van der Waals surface area (Å²) in [6.07, 6.45) is 0.358. The van der Waals surface area contributed by atoms with Crippen molar-refractivity contribution >= 4 is 55.2 Å². The second-order valence-electron chi connectivity index (χ2n) is 10.5. The highest BCUT2D eigenvalue weighted by Crippen LogP contribution is 2.53. The molecule has 2 aromatic rings. The zero-order chi connectivity index (χ0) is 29.4. The largest absolute Gasteiger partial charge is 0.477 e. The minimum atomic E-state index is -1.88. The number of thioether (sulfide) groups is 1. The molecule has 4 rings (SSSR count). The number of carboxylic acid groups (broad SMARTS) is 1. The number of amidine groups is 1. The highest BCUT2D eigenvalue weighted by molar-refractivity contribution is 8.04. The van der Waals surface area contributed by atoms with Crippen molar-refractivity contribution in [2.45, 2.75) is 50.0 Å². The summed E-state index contributed by atoms with van der Waals surface area (Å²) in [4.78, 5) is 47.5. The van der Waals surface area contributed by atoms with E-state index in [1.807, 2.05) is 31.4 Å². The van der Waals surface area contributed by atoms with Gasteiger partial charge in [-0.05, 0) is 26.6 Å². The Morgan fingerprint density at radius 3 is 2.60 bits per heavy atom. The van der Waals surface area contributed by atoms with Gasteiger partial charge in [-0.25, -0.2) is 14.6 Å². The maximum Gasteiger partial charge on any atom is 0.435 e. The van der Waals surface area contributed by atoms with Gasteiger partial charge in [0.15, 0.2) is 12.7 Å². The summed E-state index contributed by atoms with van der Waals surface area (Å²) < 4.78 is 11.7. The second kappa shape index (κ2) is 11.7. The summed E-state index contributed by atoms with van der Waals surface area (Å²) in [7, 11) is -1.88. The quantitative estimate of drug-likeness (QED) is 0.127. The van der Waals surface area contributed by atoms with Gasteiger partial charge in [-0.2, -0.15) is 4.99 Å². The van der Waals surface area contributed by atoms with Gasteiger partial charge in [-0.3, -0.25) is 4.79 Å². The third kappa shape index (κ3) is 6.07. The molecule has 0 unspecified atom stereocenters. The molecule has 2 amide bonds. The van der Waals surface area contributed by atoms with Crippen LogP contribution in [-0.2, 0) is 18.8 Å². The summed E-state index contributed by atoms with van der Waals surface area (Å²) in [6.45, 7) is 13.6. The average Bonchev–Trinajstić information content (AvgIpc) is 3.43. The van der Waals surface area contributed by atoms with E-state index < -0.39 is 20.4 Å². The first kappa shape index (κ1) is 29.7. The number of aliphatic carboxylic acids is 1. The van der Waals surface area contributed by atoms with Crippen molar-refractivity contribution in [3.05, 3.63) is 58.5 Å². The molecule has 40 heavy (non-hydrogen) atoms. The van der Waals surface area contributed by atoms with Gasteiger partial charge in [0.2, 0.25) is 5.91 Å². The lowest BCUT2D eigenvalue weighted by Gasteiger charge is -2.48. The molecule has 0 aliphatic carbocycles. The molecular formula is C27H32N4O6S2Si. The minimum Gasteiger partial charge on any atom is -0.477 e. The Hall–Kier alpha value is -3.26. The van der Waals surface area contributed by atoms with E-state index in [4.69, 9.17) is 19.9 Å². The second-order valence-corrected chi connectivity index (χ2v) is 17.1. The fourth-order valence-electron chi connectivity index (χ4n) is 4.94. The molecule has 0 bridgehead atoms. The molecule has 2 aliphatic heterocycles. The molecule has 10 nitrogen and oxygen atoms in total. The van der Waals surface area contributed by atoms with Crippen LogP contribution in [0.25, 0.3) is 11.3 Å². The topological polar surface area (TPSA) is 144 Å². The molecule has 3 N–H and O–H groups in total. The fourth-order valence-corrected chi connectivity index (χ4v) is 8.30. The molecule has 13 heteroatoms. The number of rotatable bonds is 10. The molecule has 4 atom stereocenters. The molecule has 0 saturated carbocycles. The van der Waals surface area contributed by atoms with Crippen LogP contribution in [0.3, 0.4) is 0 Å². The average molecular weight is 601 g/mol. The molecule has 212 valence electrons. The zero-order valence-electron chi connectivity index (χ0n) is 22.9. The van der Waals surface area contributed by atoms with Crippen LogP contribution in [0.1, 0.15) is 19.4 Å². The van der Waals surface area contributed by atoms with Crippen LogP contribution in [0.5, 0.6) is 0 Å². The lowest BCUT2D eigenvalue weighted by atomic mass is 9.79. The summed E-state index contributed by atoms with van der Waals surface area (Å²) >= 11 is 2.69. The molecule has 1 fully saturated rings. The maximum atomic E-state index is 13.1. The van der Waals surface area contributed by atoms with E-state index in [2.05, 4.69) is 31.2 Å². The van der Waals surface area contributed by atoms with E-state index in [1.54, 1.807) is 12.1 Å². The number of hydrogen-bond acceptors (Lipinski definition) is 8. The predicted octanol–water partition coefficient (Wildman–Crippen LogP) is 4.94. The number of aliphatic imine (C=N–C) groups is 1. The predicted molar refractivity (Wildman–Crippen MR) is 158 cm³/mol. The van der Waals surface area contributed by atoms with E-state index in [-0.39, 0.29) is 48.0 Å². The number of carboxylic acids is 1. The normalized spacial score (nSPS) is 21.6. The number of benzene rings is 1. The van der Waals surface area contributed by atoms with Crippen LogP contribution >= 0.6 is 23.1 Å². The van der Waals surface area contributed by atoms with Crippen LogP contribution in [0.4, 0.5) is 4.79 Å². The van der Waals surface area contributed by atoms with Crippen LogP contribution in [0.2, 0.25) is 19.6 Å². The monoisotopic (exact) mass is 600 g/mol. The van der Waals surface area contributed by atoms with E-state index in [0.717, 1.165) is 5.56 Å². The molecule has 1 saturated heterocycles. The number of nitrogens with two attached hydrogens (primary N) is 1. The number of carbonyl (C=O) groups excluding carboxylic acids is 2. The molecule has 3 heterocycles. The number of nitrogens with zero attached hydrogens (tertiary/aromatic N) is 3. The van der Waals surface area contributed by atoms with Crippen molar-refractivity contribution < 1.29 is 28.7 Å². The smallest absolute Gasteiger partial charge is 0.435 e. The van der Waals surface area contributed by atoms with Gasteiger partial charge < -0.3 is 24.9 Å². The Balaban J connectivity index is 1.50. The van der Waals surface area contributed by atoms with Crippen LogP contribution in [0, 0.1) is 11.8 Å². The number of aromatic nitrogens is 1. The van der Waals surface area contributed by atoms with Gasteiger partial charge >= 0.3 is 12.1 Å². The Labute approximate surface area is 242 Å². The zero-order valence-corrected chi connectivity index (χ0v) is 25.5. The summed E-state index contributed by atoms with van der Waals surface area (Å²) in [5.41, 5.74) is 8.03. The molecule has 1 aromatic carbocycles. The van der Waals surface area contributed by atoms with Crippen LogP contribution < -0.4 is 5.73 Å². The Kier molecular flexibility index (Phi) is 8.68. The molecular weight excluding hydrogens is 569 g/mol. The van der Waals surface area contributed by atoms with Gasteiger partial charge in [0.25, 0.3) is 0 Å². The standard InChI is InChI=1S/C27H32N4O6S2Si/c1-7-12-36-26(35)30-23(28)17-10-8-16(9-11-17)18-13-38-27(29-18)39-22-14(2)20-19(15(3)37-40(4,5)6)24(32)31(20)21(22)25(33)34/h7-11,13-15,19-20H,1,12H2,2-6H3,(H,33,34)(H2,28,30,35)/t14-,15-,19-,20-/m1/s1. The van der Waals surface area contributed by atoms with Gasteiger partial charge in [-0.1, -0.05) is 55.6 Å². The lowest BCUT2D eigenvalue weighted by molar-refractivity contribution is -0.162. The SMILES string of the molecule is C=CCOC(=O)/N=C(\N)c1ccc(-c2csc(SC3=C(C(=O)O)N4C(=O)[C@H]([C@@H](C)O[Si](C)(C)C)[C@H]4[C@H]3C)n2)cc1. The number of β-lactam (4-membered cyclic amide) rings is 1. The molecule has 1 aromatic heterocycles. The number of fused-ring (bicyclic) bond motifs is 1.